The summed E-state index contributed by atoms with van der Waals surface area (Å²) >= 11 is 0. The Kier molecular flexibility index (Phi) is 5.14. The maximum atomic E-state index is 12.1. The Morgan fingerprint density at radius 2 is 1.58 bits per heavy atom. The lowest BCUT2D eigenvalue weighted by Crippen LogP contribution is -2.25. The van der Waals surface area contributed by atoms with E-state index < -0.39 is 0 Å². The molecule has 0 atom stereocenters. The molecular weight excluding hydrogens is 300 g/mol. The molecule has 3 rings (SSSR count). The van der Waals surface area contributed by atoms with E-state index in [-0.39, 0.29) is 5.91 Å². The van der Waals surface area contributed by atoms with E-state index in [0.717, 1.165) is 12.1 Å². The lowest BCUT2D eigenvalue weighted by atomic mass is 10.1. The molecule has 1 amide bonds. The van der Waals surface area contributed by atoms with Crippen molar-refractivity contribution >= 4 is 17.5 Å². The summed E-state index contributed by atoms with van der Waals surface area (Å²) in [5.74, 6) is 0.450. The number of hydrogen-bond acceptors (Lipinski definition) is 4. The number of carbonyl (C=O) groups is 1. The molecule has 0 unspecified atom stereocenters. The summed E-state index contributed by atoms with van der Waals surface area (Å²) in [6.45, 7) is 0.612. The number of amides is 1. The fraction of sp³-hybridized carbons (Fsp3) is 0.105. The first-order valence-corrected chi connectivity index (χ1v) is 7.77. The molecule has 0 aliphatic rings. The SMILES string of the molecule is O=C(NCCc1ccccc1)c1ccc(Nc2ncccn2)cc1. The van der Waals surface area contributed by atoms with Crippen LogP contribution in [0.25, 0.3) is 0 Å². The van der Waals surface area contributed by atoms with Crippen molar-refractivity contribution in [3.8, 4) is 0 Å². The van der Waals surface area contributed by atoms with E-state index in [1.165, 1.54) is 5.56 Å². The highest BCUT2D eigenvalue weighted by Gasteiger charge is 2.05. The van der Waals surface area contributed by atoms with Gasteiger partial charge in [0.25, 0.3) is 5.91 Å². The van der Waals surface area contributed by atoms with Gasteiger partial charge < -0.3 is 10.6 Å². The molecule has 2 N–H and O–H groups in total. The Morgan fingerprint density at radius 1 is 0.875 bits per heavy atom. The average molecular weight is 318 g/mol. The van der Waals surface area contributed by atoms with Gasteiger partial charge in [0.1, 0.15) is 0 Å². The van der Waals surface area contributed by atoms with Gasteiger partial charge in [-0.15, -0.1) is 0 Å². The van der Waals surface area contributed by atoms with Crippen molar-refractivity contribution < 1.29 is 4.79 Å². The largest absolute Gasteiger partial charge is 0.352 e. The van der Waals surface area contributed by atoms with E-state index in [4.69, 9.17) is 0 Å². The van der Waals surface area contributed by atoms with Crippen molar-refractivity contribution in [1.29, 1.82) is 0 Å². The lowest BCUT2D eigenvalue weighted by Gasteiger charge is -2.07. The second-order valence-electron chi connectivity index (χ2n) is 5.27. The third-order valence-electron chi connectivity index (χ3n) is 3.51. The van der Waals surface area contributed by atoms with Gasteiger partial charge in [-0.05, 0) is 42.3 Å². The van der Waals surface area contributed by atoms with E-state index in [2.05, 4.69) is 32.7 Å². The Hall–Kier alpha value is -3.21. The minimum absolute atomic E-state index is 0.0755. The van der Waals surface area contributed by atoms with Crippen LogP contribution in [0.1, 0.15) is 15.9 Å². The molecule has 0 bridgehead atoms. The number of carbonyl (C=O) groups excluding carboxylic acids is 1. The molecule has 0 radical (unpaired) electrons. The highest BCUT2D eigenvalue weighted by molar-refractivity contribution is 5.94. The average Bonchev–Trinajstić information content (AvgIpc) is 2.64. The lowest BCUT2D eigenvalue weighted by molar-refractivity contribution is 0.0954. The van der Waals surface area contributed by atoms with Crippen molar-refractivity contribution in [2.75, 3.05) is 11.9 Å². The van der Waals surface area contributed by atoms with Gasteiger partial charge in [0.2, 0.25) is 5.95 Å². The van der Waals surface area contributed by atoms with E-state index in [9.17, 15) is 4.79 Å². The highest BCUT2D eigenvalue weighted by Crippen LogP contribution is 2.13. The predicted molar refractivity (Wildman–Crippen MR) is 94.2 cm³/mol. The van der Waals surface area contributed by atoms with Crippen LogP contribution in [0.5, 0.6) is 0 Å². The van der Waals surface area contributed by atoms with Gasteiger partial charge in [0.15, 0.2) is 0 Å². The number of anilines is 2. The summed E-state index contributed by atoms with van der Waals surface area (Å²) < 4.78 is 0. The first-order valence-electron chi connectivity index (χ1n) is 7.77. The Balaban J connectivity index is 1.52. The zero-order chi connectivity index (χ0) is 16.6. The minimum Gasteiger partial charge on any atom is -0.352 e. The van der Waals surface area contributed by atoms with Gasteiger partial charge in [-0.25, -0.2) is 9.97 Å². The van der Waals surface area contributed by atoms with Crippen LogP contribution in [0.3, 0.4) is 0 Å². The normalized spacial score (nSPS) is 10.2. The summed E-state index contributed by atoms with van der Waals surface area (Å²) in [6.07, 6.45) is 4.16. The Morgan fingerprint density at radius 3 is 2.29 bits per heavy atom. The van der Waals surface area contributed by atoms with Gasteiger partial charge in [-0.1, -0.05) is 30.3 Å². The molecule has 1 heterocycles. The van der Waals surface area contributed by atoms with Crippen molar-refractivity contribution in [1.82, 2.24) is 15.3 Å². The molecule has 0 spiro atoms. The maximum Gasteiger partial charge on any atom is 0.251 e. The van der Waals surface area contributed by atoms with Crippen molar-refractivity contribution in [3.63, 3.8) is 0 Å². The fourth-order valence-electron chi connectivity index (χ4n) is 2.26. The van der Waals surface area contributed by atoms with Crippen LogP contribution < -0.4 is 10.6 Å². The molecule has 0 aliphatic heterocycles. The zero-order valence-electron chi connectivity index (χ0n) is 13.1. The van der Waals surface area contributed by atoms with E-state index >= 15 is 0 Å². The summed E-state index contributed by atoms with van der Waals surface area (Å²) in [4.78, 5) is 20.3. The van der Waals surface area contributed by atoms with Crippen molar-refractivity contribution in [2.24, 2.45) is 0 Å². The first-order chi connectivity index (χ1) is 11.8. The van der Waals surface area contributed by atoms with Gasteiger partial charge in [0, 0.05) is 30.2 Å². The van der Waals surface area contributed by atoms with Crippen LogP contribution in [0.4, 0.5) is 11.6 Å². The molecule has 24 heavy (non-hydrogen) atoms. The third kappa shape index (κ3) is 4.39. The van der Waals surface area contributed by atoms with Crippen LogP contribution in [0, 0.1) is 0 Å². The molecule has 3 aromatic rings. The fourth-order valence-corrected chi connectivity index (χ4v) is 2.26. The Bertz CT molecular complexity index is 773. The smallest absolute Gasteiger partial charge is 0.251 e. The monoisotopic (exact) mass is 318 g/mol. The minimum atomic E-state index is -0.0755. The van der Waals surface area contributed by atoms with E-state index in [1.54, 1.807) is 30.6 Å². The summed E-state index contributed by atoms with van der Waals surface area (Å²) in [6, 6.07) is 19.1. The van der Waals surface area contributed by atoms with Gasteiger partial charge in [0.05, 0.1) is 0 Å². The number of hydrogen-bond donors (Lipinski definition) is 2. The molecule has 0 saturated carbocycles. The molecule has 0 saturated heterocycles. The van der Waals surface area contributed by atoms with Crippen LogP contribution >= 0.6 is 0 Å². The molecule has 0 fully saturated rings. The van der Waals surface area contributed by atoms with Crippen LogP contribution in [0.15, 0.2) is 73.1 Å². The van der Waals surface area contributed by atoms with Gasteiger partial charge >= 0.3 is 0 Å². The van der Waals surface area contributed by atoms with Crippen LogP contribution in [-0.2, 0) is 6.42 Å². The Labute approximate surface area is 140 Å². The highest BCUT2D eigenvalue weighted by atomic mass is 16.1. The number of aromatic nitrogens is 2. The molecule has 0 aliphatic carbocycles. The van der Waals surface area contributed by atoms with Crippen LogP contribution in [0.2, 0.25) is 0 Å². The van der Waals surface area contributed by atoms with Crippen molar-refractivity contribution in [3.05, 3.63) is 84.2 Å². The standard InChI is InChI=1S/C19H18N4O/c24-18(20-14-11-15-5-2-1-3-6-15)16-7-9-17(10-8-16)23-19-21-12-4-13-22-19/h1-10,12-13H,11,14H2,(H,20,24)(H,21,22,23). The first kappa shape index (κ1) is 15.7. The number of rotatable bonds is 6. The van der Waals surface area contributed by atoms with Crippen LogP contribution in [-0.4, -0.2) is 22.4 Å². The summed E-state index contributed by atoms with van der Waals surface area (Å²) in [5.41, 5.74) is 2.67. The predicted octanol–water partition coefficient (Wildman–Crippen LogP) is 3.19. The topological polar surface area (TPSA) is 66.9 Å². The summed E-state index contributed by atoms with van der Waals surface area (Å²) in [5, 5.41) is 6.01. The third-order valence-corrected chi connectivity index (χ3v) is 3.51. The molecule has 5 heteroatoms. The second kappa shape index (κ2) is 7.87. The van der Waals surface area contributed by atoms with Gasteiger partial charge in [-0.3, -0.25) is 4.79 Å². The number of nitrogens with one attached hydrogen (secondary N) is 2. The quantitative estimate of drug-likeness (QED) is 0.732. The molecule has 1 aromatic heterocycles. The zero-order valence-corrected chi connectivity index (χ0v) is 13.1. The maximum absolute atomic E-state index is 12.1. The molecule has 120 valence electrons. The van der Waals surface area contributed by atoms with Gasteiger partial charge in [-0.2, -0.15) is 0 Å². The molecule has 2 aromatic carbocycles. The second-order valence-corrected chi connectivity index (χ2v) is 5.27. The molecular formula is C19H18N4O. The number of nitrogens with zero attached hydrogens (tertiary/aromatic N) is 2. The summed E-state index contributed by atoms with van der Waals surface area (Å²) in [7, 11) is 0. The molecule has 5 nitrogen and oxygen atoms in total. The van der Waals surface area contributed by atoms with Crippen molar-refractivity contribution in [2.45, 2.75) is 6.42 Å². The number of benzene rings is 2. The van der Waals surface area contributed by atoms with E-state index in [0.29, 0.717) is 18.1 Å². The van der Waals surface area contributed by atoms with E-state index in [1.807, 2.05) is 30.3 Å².